The standard InChI is InChI=1S/C20H33N3O2/c1-5-24-18-10-12-23(13-11-18)20(21-4)22-14-17-8-6-7-9-19(17)25-15-16(2)3/h6-9,16,18H,5,10-15H2,1-4H3,(H,21,22). The molecule has 1 heterocycles. The van der Waals surface area contributed by atoms with Gasteiger partial charge >= 0.3 is 0 Å². The Balaban J connectivity index is 1.89. The zero-order valence-electron chi connectivity index (χ0n) is 16.1. The van der Waals surface area contributed by atoms with Crippen LogP contribution in [0.3, 0.4) is 0 Å². The zero-order chi connectivity index (χ0) is 18.1. The van der Waals surface area contributed by atoms with Crippen LogP contribution in [0, 0.1) is 5.92 Å². The molecule has 25 heavy (non-hydrogen) atoms. The molecule has 1 saturated heterocycles. The maximum Gasteiger partial charge on any atom is 0.193 e. The van der Waals surface area contributed by atoms with E-state index in [9.17, 15) is 0 Å². The van der Waals surface area contributed by atoms with E-state index in [1.54, 1.807) is 0 Å². The normalized spacial score (nSPS) is 16.4. The first kappa shape index (κ1) is 19.6. The summed E-state index contributed by atoms with van der Waals surface area (Å²) in [6.45, 7) is 10.6. The summed E-state index contributed by atoms with van der Waals surface area (Å²) in [6.07, 6.45) is 2.51. The second-order valence-corrected chi connectivity index (χ2v) is 6.86. The first-order valence-corrected chi connectivity index (χ1v) is 9.42. The predicted octanol–water partition coefficient (Wildman–Crippen LogP) is 3.30. The summed E-state index contributed by atoms with van der Waals surface area (Å²) >= 11 is 0. The molecule has 1 aliphatic heterocycles. The average molecular weight is 348 g/mol. The van der Waals surface area contributed by atoms with Gasteiger partial charge in [-0.3, -0.25) is 4.99 Å². The van der Waals surface area contributed by atoms with Gasteiger partial charge in [0, 0.05) is 38.9 Å². The number of rotatable bonds is 7. The lowest BCUT2D eigenvalue weighted by Crippen LogP contribution is -2.46. The van der Waals surface area contributed by atoms with E-state index in [-0.39, 0.29) is 0 Å². The van der Waals surface area contributed by atoms with Crippen LogP contribution in [0.4, 0.5) is 0 Å². The van der Waals surface area contributed by atoms with Crippen molar-refractivity contribution in [3.05, 3.63) is 29.8 Å². The lowest BCUT2D eigenvalue weighted by molar-refractivity contribution is 0.0263. The van der Waals surface area contributed by atoms with Crippen molar-refractivity contribution in [2.24, 2.45) is 10.9 Å². The number of para-hydroxylation sites is 1. The molecule has 5 nitrogen and oxygen atoms in total. The summed E-state index contributed by atoms with van der Waals surface area (Å²) in [5.74, 6) is 2.42. The van der Waals surface area contributed by atoms with Gasteiger partial charge in [0.05, 0.1) is 12.7 Å². The smallest absolute Gasteiger partial charge is 0.193 e. The summed E-state index contributed by atoms with van der Waals surface area (Å²) in [5.41, 5.74) is 1.16. The fraction of sp³-hybridized carbons (Fsp3) is 0.650. The van der Waals surface area contributed by atoms with Crippen LogP contribution in [0.2, 0.25) is 0 Å². The van der Waals surface area contributed by atoms with Crippen molar-refractivity contribution in [1.29, 1.82) is 0 Å². The van der Waals surface area contributed by atoms with Crippen LogP contribution in [-0.2, 0) is 11.3 Å². The van der Waals surface area contributed by atoms with Crippen molar-refractivity contribution in [3.8, 4) is 5.75 Å². The highest BCUT2D eigenvalue weighted by Gasteiger charge is 2.21. The molecule has 0 aliphatic carbocycles. The third-order valence-corrected chi connectivity index (χ3v) is 4.34. The molecule has 0 spiro atoms. The second kappa shape index (κ2) is 10.3. The van der Waals surface area contributed by atoms with E-state index in [0.29, 0.717) is 18.6 Å². The Labute approximate surface area is 152 Å². The summed E-state index contributed by atoms with van der Waals surface area (Å²) in [7, 11) is 1.85. The zero-order valence-corrected chi connectivity index (χ0v) is 16.1. The van der Waals surface area contributed by atoms with E-state index in [2.05, 4.69) is 48.1 Å². The van der Waals surface area contributed by atoms with Crippen LogP contribution in [0.5, 0.6) is 5.75 Å². The van der Waals surface area contributed by atoms with Crippen LogP contribution in [-0.4, -0.2) is 50.3 Å². The Morgan fingerprint density at radius 2 is 2.00 bits per heavy atom. The lowest BCUT2D eigenvalue weighted by atomic mass is 10.1. The van der Waals surface area contributed by atoms with Crippen molar-refractivity contribution in [3.63, 3.8) is 0 Å². The Morgan fingerprint density at radius 1 is 1.28 bits per heavy atom. The number of ether oxygens (including phenoxy) is 2. The van der Waals surface area contributed by atoms with Gasteiger partial charge in [0.15, 0.2) is 5.96 Å². The fourth-order valence-electron chi connectivity index (χ4n) is 3.02. The monoisotopic (exact) mass is 347 g/mol. The van der Waals surface area contributed by atoms with Crippen LogP contribution in [0.1, 0.15) is 39.2 Å². The molecule has 1 N–H and O–H groups in total. The van der Waals surface area contributed by atoms with E-state index >= 15 is 0 Å². The third kappa shape index (κ3) is 6.24. The molecule has 0 amide bonds. The van der Waals surface area contributed by atoms with E-state index in [0.717, 1.165) is 56.4 Å². The van der Waals surface area contributed by atoms with Gasteiger partial charge in [-0.1, -0.05) is 32.0 Å². The number of nitrogens with one attached hydrogen (secondary N) is 1. The van der Waals surface area contributed by atoms with Gasteiger partial charge in [0.2, 0.25) is 0 Å². The maximum atomic E-state index is 5.94. The molecule has 1 aromatic rings. The molecule has 0 aromatic heterocycles. The molecular weight excluding hydrogens is 314 g/mol. The van der Waals surface area contributed by atoms with Gasteiger partial charge in [-0.05, 0) is 31.7 Å². The molecular formula is C20H33N3O2. The number of hydrogen-bond donors (Lipinski definition) is 1. The summed E-state index contributed by atoms with van der Waals surface area (Å²) in [6, 6.07) is 8.22. The summed E-state index contributed by atoms with van der Waals surface area (Å²) < 4.78 is 11.7. The average Bonchev–Trinajstić information content (AvgIpc) is 2.62. The molecule has 0 unspecified atom stereocenters. The van der Waals surface area contributed by atoms with Gasteiger partial charge in [-0.15, -0.1) is 0 Å². The molecule has 0 bridgehead atoms. The van der Waals surface area contributed by atoms with Crippen LogP contribution < -0.4 is 10.1 Å². The van der Waals surface area contributed by atoms with E-state index in [4.69, 9.17) is 9.47 Å². The number of benzene rings is 1. The molecule has 0 radical (unpaired) electrons. The Morgan fingerprint density at radius 3 is 2.64 bits per heavy atom. The Bertz CT molecular complexity index is 537. The van der Waals surface area contributed by atoms with Gasteiger partial charge in [0.25, 0.3) is 0 Å². The first-order chi connectivity index (χ1) is 12.1. The Hall–Kier alpha value is -1.75. The van der Waals surface area contributed by atoms with E-state index in [1.165, 1.54) is 0 Å². The minimum absolute atomic E-state index is 0.393. The number of piperidine rings is 1. The largest absolute Gasteiger partial charge is 0.493 e. The van der Waals surface area contributed by atoms with E-state index in [1.807, 2.05) is 19.2 Å². The number of hydrogen-bond acceptors (Lipinski definition) is 3. The third-order valence-electron chi connectivity index (χ3n) is 4.34. The Kier molecular flexibility index (Phi) is 8.06. The number of guanidine groups is 1. The molecule has 140 valence electrons. The number of aliphatic imine (C=N–C) groups is 1. The van der Waals surface area contributed by atoms with Crippen molar-refractivity contribution in [2.75, 3.05) is 33.4 Å². The van der Waals surface area contributed by atoms with Crippen molar-refractivity contribution in [2.45, 2.75) is 46.3 Å². The highest BCUT2D eigenvalue weighted by Crippen LogP contribution is 2.19. The highest BCUT2D eigenvalue weighted by molar-refractivity contribution is 5.80. The molecule has 1 fully saturated rings. The molecule has 0 atom stereocenters. The summed E-state index contributed by atoms with van der Waals surface area (Å²) in [5, 5.41) is 3.49. The van der Waals surface area contributed by atoms with Crippen LogP contribution >= 0.6 is 0 Å². The molecule has 0 saturated carbocycles. The van der Waals surface area contributed by atoms with Crippen LogP contribution in [0.15, 0.2) is 29.3 Å². The van der Waals surface area contributed by atoms with Gasteiger partial charge in [-0.2, -0.15) is 0 Å². The predicted molar refractivity (Wildman–Crippen MR) is 103 cm³/mol. The molecule has 5 heteroatoms. The SMILES string of the molecule is CCOC1CCN(C(=NC)NCc2ccccc2OCC(C)C)CC1. The van der Waals surface area contributed by atoms with Crippen molar-refractivity contribution < 1.29 is 9.47 Å². The van der Waals surface area contributed by atoms with Crippen molar-refractivity contribution in [1.82, 2.24) is 10.2 Å². The molecule has 2 rings (SSSR count). The highest BCUT2D eigenvalue weighted by atomic mass is 16.5. The second-order valence-electron chi connectivity index (χ2n) is 6.86. The fourth-order valence-corrected chi connectivity index (χ4v) is 3.02. The topological polar surface area (TPSA) is 46.1 Å². The van der Waals surface area contributed by atoms with Gasteiger partial charge in [0.1, 0.15) is 5.75 Å². The summed E-state index contributed by atoms with van der Waals surface area (Å²) in [4.78, 5) is 6.76. The lowest BCUT2D eigenvalue weighted by Gasteiger charge is -2.34. The number of nitrogens with zero attached hydrogens (tertiary/aromatic N) is 2. The number of likely N-dealkylation sites (tertiary alicyclic amines) is 1. The molecule has 1 aliphatic rings. The minimum Gasteiger partial charge on any atom is -0.493 e. The van der Waals surface area contributed by atoms with Gasteiger partial charge in [-0.25, -0.2) is 0 Å². The van der Waals surface area contributed by atoms with Crippen LogP contribution in [0.25, 0.3) is 0 Å². The van der Waals surface area contributed by atoms with E-state index < -0.39 is 0 Å². The quantitative estimate of drug-likeness (QED) is 0.607. The molecule has 1 aromatic carbocycles. The minimum atomic E-state index is 0.393. The first-order valence-electron chi connectivity index (χ1n) is 9.42. The maximum absolute atomic E-state index is 5.94. The van der Waals surface area contributed by atoms with Crippen molar-refractivity contribution >= 4 is 5.96 Å². The van der Waals surface area contributed by atoms with Gasteiger partial charge < -0.3 is 19.7 Å².